The lowest BCUT2D eigenvalue weighted by molar-refractivity contribution is -0.120. The standard InChI is InChI=1S/C16H18Cl2N2OS/c1-3-11-9-22-15(20-11)7-14(21)19-8-10(2)16-12(17)5-4-6-13(16)18/h4-6,9-10H,3,7-8H2,1-2H3,(H,19,21)/t10-/m1/s1. The zero-order valence-corrected chi connectivity index (χ0v) is 14.9. The number of hydrogen-bond donors (Lipinski definition) is 1. The average Bonchev–Trinajstić information content (AvgIpc) is 2.92. The van der Waals surface area contributed by atoms with Gasteiger partial charge < -0.3 is 5.32 Å². The zero-order valence-electron chi connectivity index (χ0n) is 12.5. The van der Waals surface area contributed by atoms with Gasteiger partial charge in [0.15, 0.2) is 0 Å². The predicted molar refractivity (Wildman–Crippen MR) is 93.1 cm³/mol. The molecule has 0 spiro atoms. The molecule has 0 bridgehead atoms. The van der Waals surface area contributed by atoms with Gasteiger partial charge in [0, 0.05) is 27.9 Å². The molecule has 0 saturated carbocycles. The minimum absolute atomic E-state index is 0.0352. The van der Waals surface area contributed by atoms with Crippen molar-refractivity contribution in [2.75, 3.05) is 6.54 Å². The molecule has 22 heavy (non-hydrogen) atoms. The van der Waals surface area contributed by atoms with Gasteiger partial charge in [0.2, 0.25) is 5.91 Å². The minimum atomic E-state index is -0.0352. The maximum absolute atomic E-state index is 12.0. The summed E-state index contributed by atoms with van der Waals surface area (Å²) < 4.78 is 0. The van der Waals surface area contributed by atoms with Crippen molar-refractivity contribution in [3.63, 3.8) is 0 Å². The topological polar surface area (TPSA) is 42.0 Å². The molecule has 1 aromatic heterocycles. The largest absolute Gasteiger partial charge is 0.355 e. The molecular formula is C16H18Cl2N2OS. The molecule has 0 fully saturated rings. The highest BCUT2D eigenvalue weighted by Gasteiger charge is 2.15. The van der Waals surface area contributed by atoms with Crippen LogP contribution in [-0.2, 0) is 17.6 Å². The Kier molecular flexibility index (Phi) is 6.24. The van der Waals surface area contributed by atoms with Gasteiger partial charge in [0.25, 0.3) is 0 Å². The van der Waals surface area contributed by atoms with Crippen LogP contribution in [0.4, 0.5) is 0 Å². The maximum Gasteiger partial charge on any atom is 0.226 e. The second-order valence-corrected chi connectivity index (χ2v) is 6.86. The van der Waals surface area contributed by atoms with Crippen LogP contribution in [0, 0.1) is 0 Å². The van der Waals surface area contributed by atoms with Gasteiger partial charge in [0.05, 0.1) is 12.1 Å². The first-order valence-electron chi connectivity index (χ1n) is 7.15. The Hall–Kier alpha value is -1.10. The fourth-order valence-corrected chi connectivity index (χ4v) is 3.79. The van der Waals surface area contributed by atoms with E-state index < -0.39 is 0 Å². The first-order chi connectivity index (χ1) is 10.5. The van der Waals surface area contributed by atoms with Crippen LogP contribution in [0.3, 0.4) is 0 Å². The molecule has 0 aliphatic rings. The molecule has 0 saturated heterocycles. The van der Waals surface area contributed by atoms with Gasteiger partial charge in [-0.3, -0.25) is 4.79 Å². The maximum atomic E-state index is 12.0. The van der Waals surface area contributed by atoms with Crippen molar-refractivity contribution in [2.24, 2.45) is 0 Å². The number of rotatable bonds is 6. The van der Waals surface area contributed by atoms with Crippen molar-refractivity contribution in [1.82, 2.24) is 10.3 Å². The third kappa shape index (κ3) is 4.45. The van der Waals surface area contributed by atoms with E-state index in [2.05, 4.69) is 10.3 Å². The van der Waals surface area contributed by atoms with E-state index >= 15 is 0 Å². The van der Waals surface area contributed by atoms with E-state index in [1.54, 1.807) is 0 Å². The van der Waals surface area contributed by atoms with Crippen LogP contribution in [-0.4, -0.2) is 17.4 Å². The van der Waals surface area contributed by atoms with E-state index in [9.17, 15) is 4.79 Å². The van der Waals surface area contributed by atoms with E-state index in [-0.39, 0.29) is 11.8 Å². The van der Waals surface area contributed by atoms with Crippen LogP contribution in [0.1, 0.15) is 36.0 Å². The first-order valence-corrected chi connectivity index (χ1v) is 8.78. The number of hydrogen-bond acceptors (Lipinski definition) is 3. The summed E-state index contributed by atoms with van der Waals surface area (Å²) in [6, 6.07) is 5.43. The van der Waals surface area contributed by atoms with Crippen LogP contribution in [0.15, 0.2) is 23.6 Å². The third-order valence-electron chi connectivity index (χ3n) is 3.37. The molecule has 1 amide bonds. The summed E-state index contributed by atoms with van der Waals surface area (Å²) in [5.41, 5.74) is 1.90. The number of amides is 1. The Morgan fingerprint density at radius 1 is 1.36 bits per heavy atom. The molecule has 0 unspecified atom stereocenters. The summed E-state index contributed by atoms with van der Waals surface area (Å²) in [6.07, 6.45) is 1.20. The lowest BCUT2D eigenvalue weighted by atomic mass is 10.0. The molecule has 0 aliphatic heterocycles. The molecule has 0 aliphatic carbocycles. The molecule has 6 heteroatoms. The number of benzene rings is 1. The number of thiazole rings is 1. The summed E-state index contributed by atoms with van der Waals surface area (Å²) >= 11 is 13.9. The summed E-state index contributed by atoms with van der Waals surface area (Å²) in [6.45, 7) is 4.54. The molecule has 118 valence electrons. The Morgan fingerprint density at radius 3 is 2.64 bits per heavy atom. The molecule has 1 N–H and O–H groups in total. The second-order valence-electron chi connectivity index (χ2n) is 5.10. The van der Waals surface area contributed by atoms with Gasteiger partial charge in [0.1, 0.15) is 5.01 Å². The molecule has 1 aromatic carbocycles. The average molecular weight is 357 g/mol. The lowest BCUT2D eigenvalue weighted by Gasteiger charge is -2.16. The summed E-state index contributed by atoms with van der Waals surface area (Å²) in [7, 11) is 0. The molecule has 0 radical (unpaired) electrons. The number of aromatic nitrogens is 1. The smallest absolute Gasteiger partial charge is 0.226 e. The quantitative estimate of drug-likeness (QED) is 0.829. The molecule has 1 heterocycles. The van der Waals surface area contributed by atoms with Crippen LogP contribution >= 0.6 is 34.5 Å². The Bertz CT molecular complexity index is 637. The van der Waals surface area contributed by atoms with Crippen molar-refractivity contribution in [1.29, 1.82) is 0 Å². The lowest BCUT2D eigenvalue weighted by Crippen LogP contribution is -2.29. The van der Waals surface area contributed by atoms with Crippen LogP contribution in [0.25, 0.3) is 0 Å². The van der Waals surface area contributed by atoms with E-state index in [4.69, 9.17) is 23.2 Å². The van der Waals surface area contributed by atoms with E-state index in [1.165, 1.54) is 11.3 Å². The summed E-state index contributed by atoms with van der Waals surface area (Å²) in [5.74, 6) is 0.0136. The van der Waals surface area contributed by atoms with Gasteiger partial charge in [-0.1, -0.05) is 43.1 Å². The summed E-state index contributed by atoms with van der Waals surface area (Å²) in [5, 5.41) is 7.01. The Balaban J connectivity index is 1.90. The highest BCUT2D eigenvalue weighted by atomic mass is 35.5. The van der Waals surface area contributed by atoms with Crippen LogP contribution in [0.2, 0.25) is 10.0 Å². The number of aryl methyl sites for hydroxylation is 1. The highest BCUT2D eigenvalue weighted by Crippen LogP contribution is 2.30. The second kappa shape index (κ2) is 7.95. The normalized spacial score (nSPS) is 12.2. The SMILES string of the molecule is CCc1csc(CC(=O)NC[C@@H](C)c2c(Cl)cccc2Cl)n1. The number of halogens is 2. The van der Waals surface area contributed by atoms with Crippen molar-refractivity contribution >= 4 is 40.4 Å². The monoisotopic (exact) mass is 356 g/mol. The number of carbonyl (C=O) groups excluding carboxylic acids is 1. The number of nitrogens with zero attached hydrogens (tertiary/aromatic N) is 1. The van der Waals surface area contributed by atoms with Crippen LogP contribution < -0.4 is 5.32 Å². The zero-order chi connectivity index (χ0) is 16.1. The fourth-order valence-electron chi connectivity index (χ4n) is 2.14. The van der Waals surface area contributed by atoms with Gasteiger partial charge in [-0.2, -0.15) is 0 Å². The van der Waals surface area contributed by atoms with Crippen molar-refractivity contribution in [2.45, 2.75) is 32.6 Å². The van der Waals surface area contributed by atoms with Crippen molar-refractivity contribution < 1.29 is 4.79 Å². The van der Waals surface area contributed by atoms with E-state index in [0.717, 1.165) is 22.7 Å². The van der Waals surface area contributed by atoms with E-state index in [1.807, 2.05) is 37.4 Å². The third-order valence-corrected chi connectivity index (χ3v) is 4.93. The summed E-state index contributed by atoms with van der Waals surface area (Å²) in [4.78, 5) is 16.4. The Labute approximate surface area is 144 Å². The van der Waals surface area contributed by atoms with Gasteiger partial charge in [-0.25, -0.2) is 4.98 Å². The van der Waals surface area contributed by atoms with Gasteiger partial charge >= 0.3 is 0 Å². The fraction of sp³-hybridized carbons (Fsp3) is 0.375. The van der Waals surface area contributed by atoms with Gasteiger partial charge in [-0.15, -0.1) is 11.3 Å². The van der Waals surface area contributed by atoms with Crippen molar-refractivity contribution in [3.05, 3.63) is 49.9 Å². The minimum Gasteiger partial charge on any atom is -0.355 e. The molecular weight excluding hydrogens is 339 g/mol. The van der Waals surface area contributed by atoms with E-state index in [0.29, 0.717) is 23.0 Å². The van der Waals surface area contributed by atoms with Crippen LogP contribution in [0.5, 0.6) is 0 Å². The molecule has 2 aromatic rings. The molecule has 2 rings (SSSR count). The Morgan fingerprint density at radius 2 is 2.05 bits per heavy atom. The molecule has 1 atom stereocenters. The number of carbonyl (C=O) groups is 1. The number of nitrogens with one attached hydrogen (secondary N) is 1. The molecule has 3 nitrogen and oxygen atoms in total. The predicted octanol–water partition coefficient (Wildman–Crippen LogP) is 4.47. The highest BCUT2D eigenvalue weighted by molar-refractivity contribution is 7.09. The van der Waals surface area contributed by atoms with Gasteiger partial charge in [-0.05, 0) is 24.1 Å². The first kappa shape index (κ1) is 17.3. The van der Waals surface area contributed by atoms with Crippen molar-refractivity contribution in [3.8, 4) is 0 Å².